The van der Waals surface area contributed by atoms with Crippen LogP contribution in [0.15, 0.2) is 36.9 Å². The molecule has 3 aromatic rings. The predicted molar refractivity (Wildman–Crippen MR) is 69.0 cm³/mol. The number of carbonyl (C=O) groups is 1. The second-order valence-corrected chi connectivity index (χ2v) is 4.16. The second-order valence-electron chi connectivity index (χ2n) is 4.16. The Hall–Kier alpha value is -2.96. The van der Waals surface area contributed by atoms with Gasteiger partial charge in [-0.1, -0.05) is 0 Å². The van der Waals surface area contributed by atoms with Gasteiger partial charge in [-0.3, -0.25) is 4.98 Å². The van der Waals surface area contributed by atoms with Gasteiger partial charge in [0.2, 0.25) is 5.88 Å². The number of nitrogens with zero attached hydrogens (tertiary/aromatic N) is 4. The number of hydrogen-bond donors (Lipinski definition) is 1. The van der Waals surface area contributed by atoms with Crippen molar-refractivity contribution in [1.82, 2.24) is 19.6 Å². The molecule has 1 N–H and O–H groups in total. The van der Waals surface area contributed by atoms with Gasteiger partial charge < -0.3 is 9.84 Å². The molecule has 7 heteroatoms. The Bertz CT molecular complexity index is 797. The van der Waals surface area contributed by atoms with E-state index in [0.29, 0.717) is 17.1 Å². The van der Waals surface area contributed by atoms with Crippen LogP contribution in [-0.2, 0) is 0 Å². The molecule has 0 spiro atoms. The van der Waals surface area contributed by atoms with Crippen molar-refractivity contribution in [2.75, 3.05) is 0 Å². The third-order valence-electron chi connectivity index (χ3n) is 2.65. The fourth-order valence-corrected chi connectivity index (χ4v) is 1.80. The van der Waals surface area contributed by atoms with Crippen LogP contribution in [0.3, 0.4) is 0 Å². The van der Waals surface area contributed by atoms with Gasteiger partial charge in [0.05, 0.1) is 17.5 Å². The van der Waals surface area contributed by atoms with Crippen LogP contribution in [0.4, 0.5) is 0 Å². The van der Waals surface area contributed by atoms with Gasteiger partial charge in [-0.25, -0.2) is 14.3 Å². The number of rotatable bonds is 3. The summed E-state index contributed by atoms with van der Waals surface area (Å²) in [6.07, 6.45) is 5.96. The number of aryl methyl sites for hydroxylation is 1. The molecule has 0 saturated heterocycles. The van der Waals surface area contributed by atoms with Crippen LogP contribution in [0.5, 0.6) is 11.6 Å². The van der Waals surface area contributed by atoms with Crippen molar-refractivity contribution >= 4 is 11.5 Å². The standard InChI is InChI=1S/C13H10N4O3/c1-8-4-11-12(15-2-3-17(11)16-8)20-10-5-9(13(18)19)6-14-7-10/h2-7H,1H3,(H,18,19). The van der Waals surface area contributed by atoms with Crippen molar-refractivity contribution in [2.45, 2.75) is 6.92 Å². The van der Waals surface area contributed by atoms with E-state index in [1.54, 1.807) is 16.9 Å². The van der Waals surface area contributed by atoms with Crippen molar-refractivity contribution in [2.24, 2.45) is 0 Å². The van der Waals surface area contributed by atoms with E-state index in [9.17, 15) is 4.79 Å². The monoisotopic (exact) mass is 270 g/mol. The fourth-order valence-electron chi connectivity index (χ4n) is 1.80. The van der Waals surface area contributed by atoms with Crippen molar-refractivity contribution < 1.29 is 14.6 Å². The minimum atomic E-state index is -1.06. The molecule has 0 aliphatic carbocycles. The van der Waals surface area contributed by atoms with Crippen LogP contribution in [0.2, 0.25) is 0 Å². The molecule has 0 radical (unpaired) electrons. The van der Waals surface area contributed by atoms with E-state index in [1.165, 1.54) is 18.5 Å². The Morgan fingerprint density at radius 2 is 2.20 bits per heavy atom. The summed E-state index contributed by atoms with van der Waals surface area (Å²) in [5.74, 6) is -0.406. The number of pyridine rings is 1. The number of fused-ring (bicyclic) bond motifs is 1. The predicted octanol–water partition coefficient (Wildman–Crippen LogP) is 1.92. The maximum atomic E-state index is 10.9. The van der Waals surface area contributed by atoms with Gasteiger partial charge in [0.25, 0.3) is 0 Å². The Balaban J connectivity index is 2.01. The topological polar surface area (TPSA) is 89.6 Å². The summed E-state index contributed by atoms with van der Waals surface area (Å²) in [7, 11) is 0. The number of carboxylic acid groups (broad SMARTS) is 1. The number of ether oxygens (including phenoxy) is 1. The summed E-state index contributed by atoms with van der Waals surface area (Å²) in [6.45, 7) is 1.86. The third kappa shape index (κ3) is 2.16. The lowest BCUT2D eigenvalue weighted by Crippen LogP contribution is -1.99. The third-order valence-corrected chi connectivity index (χ3v) is 2.65. The summed E-state index contributed by atoms with van der Waals surface area (Å²) in [5, 5.41) is 13.2. The highest BCUT2D eigenvalue weighted by Crippen LogP contribution is 2.24. The molecule has 3 heterocycles. The Labute approximate surface area is 113 Å². The Morgan fingerprint density at radius 1 is 1.35 bits per heavy atom. The first-order chi connectivity index (χ1) is 9.63. The van der Waals surface area contributed by atoms with Crippen molar-refractivity contribution in [1.29, 1.82) is 0 Å². The lowest BCUT2D eigenvalue weighted by Gasteiger charge is -2.05. The summed E-state index contributed by atoms with van der Waals surface area (Å²) < 4.78 is 7.24. The van der Waals surface area contributed by atoms with E-state index in [1.807, 2.05) is 13.0 Å². The SMILES string of the molecule is Cc1cc2c(Oc3cncc(C(=O)O)c3)nccn2n1. The number of carboxylic acids is 1. The maximum Gasteiger partial charge on any atom is 0.337 e. The van der Waals surface area contributed by atoms with Crippen LogP contribution in [0.1, 0.15) is 16.1 Å². The van der Waals surface area contributed by atoms with E-state index < -0.39 is 5.97 Å². The second kappa shape index (κ2) is 4.61. The number of hydrogen-bond acceptors (Lipinski definition) is 5. The van der Waals surface area contributed by atoms with Gasteiger partial charge >= 0.3 is 5.97 Å². The Kier molecular flexibility index (Phi) is 2.79. The summed E-state index contributed by atoms with van der Waals surface area (Å²) in [6, 6.07) is 3.22. The highest BCUT2D eigenvalue weighted by Gasteiger charge is 2.10. The molecule has 3 rings (SSSR count). The molecule has 0 fully saturated rings. The molecule has 0 saturated carbocycles. The number of aromatic nitrogens is 4. The van der Waals surface area contributed by atoms with Gasteiger partial charge in [0, 0.05) is 18.6 Å². The average molecular weight is 270 g/mol. The van der Waals surface area contributed by atoms with Gasteiger partial charge in [0.15, 0.2) is 0 Å². The lowest BCUT2D eigenvalue weighted by atomic mass is 10.3. The van der Waals surface area contributed by atoms with E-state index >= 15 is 0 Å². The fraction of sp³-hybridized carbons (Fsp3) is 0.0769. The zero-order valence-corrected chi connectivity index (χ0v) is 10.5. The molecule has 7 nitrogen and oxygen atoms in total. The zero-order chi connectivity index (χ0) is 14.1. The first-order valence-electron chi connectivity index (χ1n) is 5.80. The van der Waals surface area contributed by atoms with E-state index in [2.05, 4.69) is 15.1 Å². The van der Waals surface area contributed by atoms with Crippen LogP contribution in [0, 0.1) is 6.92 Å². The van der Waals surface area contributed by atoms with Gasteiger partial charge in [-0.15, -0.1) is 0 Å². The molecule has 3 aromatic heterocycles. The normalized spacial score (nSPS) is 10.7. The smallest absolute Gasteiger partial charge is 0.337 e. The summed E-state index contributed by atoms with van der Waals surface area (Å²) >= 11 is 0. The molecule has 100 valence electrons. The highest BCUT2D eigenvalue weighted by atomic mass is 16.5. The molecule has 0 aliphatic heterocycles. The molecule has 20 heavy (non-hydrogen) atoms. The van der Waals surface area contributed by atoms with E-state index in [-0.39, 0.29) is 5.56 Å². The highest BCUT2D eigenvalue weighted by molar-refractivity contribution is 5.87. The number of aromatic carboxylic acids is 1. The van der Waals surface area contributed by atoms with Crippen LogP contribution >= 0.6 is 0 Å². The van der Waals surface area contributed by atoms with Crippen LogP contribution in [0.25, 0.3) is 5.52 Å². The molecule has 0 unspecified atom stereocenters. The molecular formula is C13H10N4O3. The lowest BCUT2D eigenvalue weighted by molar-refractivity contribution is 0.0696. The van der Waals surface area contributed by atoms with Gasteiger partial charge in [-0.05, 0) is 19.1 Å². The van der Waals surface area contributed by atoms with E-state index in [0.717, 1.165) is 5.69 Å². The molecule has 0 aliphatic rings. The summed E-state index contributed by atoms with van der Waals surface area (Å²) in [5.41, 5.74) is 1.59. The minimum Gasteiger partial charge on any atom is -0.478 e. The molecule has 0 aromatic carbocycles. The van der Waals surface area contributed by atoms with Crippen molar-refractivity contribution in [3.8, 4) is 11.6 Å². The first kappa shape index (κ1) is 12.1. The van der Waals surface area contributed by atoms with E-state index in [4.69, 9.17) is 9.84 Å². The zero-order valence-electron chi connectivity index (χ0n) is 10.5. The maximum absolute atomic E-state index is 10.9. The minimum absolute atomic E-state index is 0.0548. The summed E-state index contributed by atoms with van der Waals surface area (Å²) in [4.78, 5) is 18.9. The molecular weight excluding hydrogens is 260 g/mol. The van der Waals surface area contributed by atoms with Crippen LogP contribution < -0.4 is 4.74 Å². The molecule has 0 atom stereocenters. The molecule has 0 amide bonds. The largest absolute Gasteiger partial charge is 0.478 e. The quantitative estimate of drug-likeness (QED) is 0.782. The van der Waals surface area contributed by atoms with Crippen molar-refractivity contribution in [3.05, 3.63) is 48.2 Å². The molecule has 0 bridgehead atoms. The Morgan fingerprint density at radius 3 is 3.00 bits per heavy atom. The average Bonchev–Trinajstić information content (AvgIpc) is 2.80. The van der Waals surface area contributed by atoms with Gasteiger partial charge in [0.1, 0.15) is 11.3 Å². The van der Waals surface area contributed by atoms with Gasteiger partial charge in [-0.2, -0.15) is 5.10 Å². The van der Waals surface area contributed by atoms with Crippen molar-refractivity contribution in [3.63, 3.8) is 0 Å². The van der Waals surface area contributed by atoms with Crippen LogP contribution in [-0.4, -0.2) is 30.7 Å². The first-order valence-corrected chi connectivity index (χ1v) is 5.80.